The molecular formula is C25H20F2N2OS. The Kier molecular flexibility index (Phi) is 5.24. The number of thiazole rings is 1. The van der Waals surface area contributed by atoms with Crippen molar-refractivity contribution in [3.05, 3.63) is 77.9 Å². The van der Waals surface area contributed by atoms with Crippen LogP contribution in [0.1, 0.15) is 36.0 Å². The molecule has 1 N–H and O–H groups in total. The standard InChI is InChI=1S/C25H20F2N2OS/c26-19-13-21(27)23-22(14-19)31-25(29-23)28-20-11-9-16(10-12-20)15-5-7-18(8-6-15)24(30)17-3-1-2-4-17/h5-14,17H,1-4H2,(H,28,29). The van der Waals surface area contributed by atoms with E-state index in [2.05, 4.69) is 10.3 Å². The lowest BCUT2D eigenvalue weighted by atomic mass is 9.94. The molecule has 1 aliphatic rings. The Labute approximate surface area is 182 Å². The molecule has 0 amide bonds. The van der Waals surface area contributed by atoms with E-state index in [4.69, 9.17) is 0 Å². The van der Waals surface area contributed by atoms with E-state index in [1.165, 1.54) is 17.4 Å². The Hall–Kier alpha value is -3.12. The van der Waals surface area contributed by atoms with Gasteiger partial charge in [0.15, 0.2) is 16.7 Å². The molecule has 0 spiro atoms. The monoisotopic (exact) mass is 434 g/mol. The predicted molar refractivity (Wildman–Crippen MR) is 121 cm³/mol. The van der Waals surface area contributed by atoms with Crippen LogP contribution < -0.4 is 5.32 Å². The normalized spacial score (nSPS) is 14.3. The van der Waals surface area contributed by atoms with E-state index in [0.717, 1.165) is 54.1 Å². The Morgan fingerprint density at radius 3 is 2.26 bits per heavy atom. The van der Waals surface area contributed by atoms with Crippen molar-refractivity contribution in [1.82, 2.24) is 4.98 Å². The average molecular weight is 435 g/mol. The summed E-state index contributed by atoms with van der Waals surface area (Å²) in [6, 6.07) is 17.7. The number of hydrogen-bond acceptors (Lipinski definition) is 4. The van der Waals surface area contributed by atoms with Gasteiger partial charge in [-0.3, -0.25) is 4.79 Å². The fourth-order valence-corrected chi connectivity index (χ4v) is 5.06. The van der Waals surface area contributed by atoms with Gasteiger partial charge < -0.3 is 5.32 Å². The van der Waals surface area contributed by atoms with Crippen molar-refractivity contribution in [2.75, 3.05) is 5.32 Å². The zero-order valence-electron chi connectivity index (χ0n) is 16.7. The van der Waals surface area contributed by atoms with Crippen LogP contribution in [0.3, 0.4) is 0 Å². The van der Waals surface area contributed by atoms with Gasteiger partial charge in [-0.05, 0) is 42.2 Å². The van der Waals surface area contributed by atoms with Gasteiger partial charge in [0.25, 0.3) is 0 Å². The lowest BCUT2D eigenvalue weighted by molar-refractivity contribution is 0.0923. The number of halogens is 2. The van der Waals surface area contributed by atoms with Crippen molar-refractivity contribution in [3.63, 3.8) is 0 Å². The summed E-state index contributed by atoms with van der Waals surface area (Å²) >= 11 is 1.20. The second kappa shape index (κ2) is 8.19. The lowest BCUT2D eigenvalue weighted by Gasteiger charge is -2.09. The number of ketones is 1. The van der Waals surface area contributed by atoms with Gasteiger partial charge in [0.05, 0.1) is 4.70 Å². The molecule has 0 radical (unpaired) electrons. The summed E-state index contributed by atoms with van der Waals surface area (Å²) in [4.78, 5) is 16.8. The summed E-state index contributed by atoms with van der Waals surface area (Å²) in [5.74, 6) is -0.829. The maximum atomic E-state index is 13.9. The van der Waals surface area contributed by atoms with E-state index >= 15 is 0 Å². The average Bonchev–Trinajstić information content (AvgIpc) is 3.44. The molecule has 1 aromatic heterocycles. The van der Waals surface area contributed by atoms with E-state index in [0.29, 0.717) is 9.83 Å². The Morgan fingerprint density at radius 2 is 1.58 bits per heavy atom. The molecule has 4 aromatic rings. The van der Waals surface area contributed by atoms with Crippen molar-refractivity contribution in [2.45, 2.75) is 25.7 Å². The topological polar surface area (TPSA) is 42.0 Å². The smallest absolute Gasteiger partial charge is 0.188 e. The molecule has 0 aliphatic heterocycles. The summed E-state index contributed by atoms with van der Waals surface area (Å²) in [5, 5.41) is 3.65. The molecule has 1 heterocycles. The lowest BCUT2D eigenvalue weighted by Crippen LogP contribution is -2.10. The molecule has 1 fully saturated rings. The van der Waals surface area contributed by atoms with E-state index in [1.807, 2.05) is 48.5 Å². The third kappa shape index (κ3) is 4.08. The first-order valence-corrected chi connectivity index (χ1v) is 11.2. The van der Waals surface area contributed by atoms with Gasteiger partial charge in [-0.25, -0.2) is 13.8 Å². The van der Waals surface area contributed by atoms with Crippen LogP contribution in [0.25, 0.3) is 21.3 Å². The van der Waals surface area contributed by atoms with Gasteiger partial charge in [-0.1, -0.05) is 60.6 Å². The number of benzene rings is 3. The minimum Gasteiger partial charge on any atom is -0.332 e. The van der Waals surface area contributed by atoms with Crippen LogP contribution in [0.4, 0.5) is 19.6 Å². The van der Waals surface area contributed by atoms with Crippen LogP contribution >= 0.6 is 11.3 Å². The Bertz CT molecular complexity index is 1240. The van der Waals surface area contributed by atoms with Crippen LogP contribution in [-0.2, 0) is 0 Å². The van der Waals surface area contributed by atoms with Crippen molar-refractivity contribution < 1.29 is 13.6 Å². The van der Waals surface area contributed by atoms with Crippen LogP contribution in [0.5, 0.6) is 0 Å². The summed E-state index contributed by atoms with van der Waals surface area (Å²) in [6.45, 7) is 0. The summed E-state index contributed by atoms with van der Waals surface area (Å²) in [7, 11) is 0. The molecule has 5 rings (SSSR count). The van der Waals surface area contributed by atoms with Gasteiger partial charge >= 0.3 is 0 Å². The number of carbonyl (C=O) groups is 1. The minimum absolute atomic E-state index is 0.165. The predicted octanol–water partition coefficient (Wildman–Crippen LogP) is 7.36. The molecule has 6 heteroatoms. The number of fused-ring (bicyclic) bond motifs is 1. The molecule has 1 saturated carbocycles. The number of Topliss-reactive ketones (excluding diaryl/α,β-unsaturated/α-hetero) is 1. The van der Waals surface area contributed by atoms with Crippen molar-refractivity contribution in [2.24, 2.45) is 5.92 Å². The number of rotatable bonds is 5. The summed E-state index contributed by atoms with van der Waals surface area (Å²) in [5.41, 5.74) is 3.82. The largest absolute Gasteiger partial charge is 0.332 e. The summed E-state index contributed by atoms with van der Waals surface area (Å²) < 4.78 is 27.7. The zero-order chi connectivity index (χ0) is 21.4. The highest BCUT2D eigenvalue weighted by atomic mass is 32.1. The first-order valence-electron chi connectivity index (χ1n) is 10.3. The quantitative estimate of drug-likeness (QED) is 0.334. The van der Waals surface area contributed by atoms with Crippen LogP contribution in [0.2, 0.25) is 0 Å². The molecule has 0 bridgehead atoms. The Morgan fingerprint density at radius 1 is 0.935 bits per heavy atom. The van der Waals surface area contributed by atoms with Crippen LogP contribution in [0, 0.1) is 17.6 Å². The molecule has 3 aromatic carbocycles. The van der Waals surface area contributed by atoms with E-state index in [1.54, 1.807) is 0 Å². The van der Waals surface area contributed by atoms with E-state index < -0.39 is 11.6 Å². The van der Waals surface area contributed by atoms with E-state index in [-0.39, 0.29) is 17.2 Å². The van der Waals surface area contributed by atoms with Crippen molar-refractivity contribution >= 4 is 38.2 Å². The third-order valence-corrected chi connectivity index (χ3v) is 6.70. The highest BCUT2D eigenvalue weighted by Gasteiger charge is 2.23. The third-order valence-electron chi connectivity index (χ3n) is 5.78. The number of carbonyl (C=O) groups excluding carboxylic acids is 1. The molecular weight excluding hydrogens is 414 g/mol. The van der Waals surface area contributed by atoms with Gasteiger partial charge in [-0.15, -0.1) is 0 Å². The molecule has 1 aliphatic carbocycles. The number of hydrogen-bond donors (Lipinski definition) is 1. The second-order valence-corrected chi connectivity index (χ2v) is 8.91. The zero-order valence-corrected chi connectivity index (χ0v) is 17.5. The van der Waals surface area contributed by atoms with Crippen LogP contribution in [0.15, 0.2) is 60.7 Å². The molecule has 156 valence electrons. The van der Waals surface area contributed by atoms with Gasteiger partial charge in [0.2, 0.25) is 0 Å². The highest BCUT2D eigenvalue weighted by molar-refractivity contribution is 7.22. The van der Waals surface area contributed by atoms with Gasteiger partial charge in [0.1, 0.15) is 11.3 Å². The first kappa shape index (κ1) is 19.8. The Balaban J connectivity index is 1.31. The summed E-state index contributed by atoms with van der Waals surface area (Å²) in [6.07, 6.45) is 4.31. The fourth-order valence-electron chi connectivity index (χ4n) is 4.13. The van der Waals surface area contributed by atoms with Crippen LogP contribution in [-0.4, -0.2) is 10.8 Å². The van der Waals surface area contributed by atoms with Crippen molar-refractivity contribution in [3.8, 4) is 11.1 Å². The number of nitrogens with zero attached hydrogens (tertiary/aromatic N) is 1. The SMILES string of the molecule is O=C(c1ccc(-c2ccc(Nc3nc4c(F)cc(F)cc4s3)cc2)cc1)C1CCCC1. The second-order valence-electron chi connectivity index (χ2n) is 7.88. The first-order chi connectivity index (χ1) is 15.1. The molecule has 0 saturated heterocycles. The molecule has 3 nitrogen and oxygen atoms in total. The maximum absolute atomic E-state index is 13.9. The highest BCUT2D eigenvalue weighted by Crippen LogP contribution is 2.32. The molecule has 0 atom stereocenters. The van der Waals surface area contributed by atoms with E-state index in [9.17, 15) is 13.6 Å². The van der Waals surface area contributed by atoms with Gasteiger partial charge in [-0.2, -0.15) is 0 Å². The number of nitrogens with one attached hydrogen (secondary N) is 1. The van der Waals surface area contributed by atoms with Gasteiger partial charge in [0, 0.05) is 23.2 Å². The molecule has 0 unspecified atom stereocenters. The maximum Gasteiger partial charge on any atom is 0.188 e. The molecule has 31 heavy (non-hydrogen) atoms. The fraction of sp³-hybridized carbons (Fsp3) is 0.200. The number of aromatic nitrogens is 1. The minimum atomic E-state index is -0.662. The van der Waals surface area contributed by atoms with Crippen molar-refractivity contribution in [1.29, 1.82) is 0 Å². The number of anilines is 2.